The van der Waals surface area contributed by atoms with Gasteiger partial charge in [-0.05, 0) is 25.7 Å². The zero-order valence-electron chi connectivity index (χ0n) is 16.3. The van der Waals surface area contributed by atoms with E-state index < -0.39 is 0 Å². The highest BCUT2D eigenvalue weighted by Crippen LogP contribution is 2.33. The summed E-state index contributed by atoms with van der Waals surface area (Å²) in [6, 6.07) is 2.47. The summed E-state index contributed by atoms with van der Waals surface area (Å²) in [6.45, 7) is 3.09. The summed E-state index contributed by atoms with van der Waals surface area (Å²) in [5, 5.41) is 3.56. The molecule has 0 aromatic carbocycles. The Labute approximate surface area is 161 Å². The van der Waals surface area contributed by atoms with E-state index in [-0.39, 0.29) is 0 Å². The van der Waals surface area contributed by atoms with Gasteiger partial charge >= 0.3 is 0 Å². The van der Waals surface area contributed by atoms with E-state index in [4.69, 9.17) is 0 Å². The number of anilines is 2. The van der Waals surface area contributed by atoms with E-state index in [1.54, 1.807) is 6.33 Å². The summed E-state index contributed by atoms with van der Waals surface area (Å²) >= 11 is 0. The van der Waals surface area contributed by atoms with Crippen molar-refractivity contribution in [1.82, 2.24) is 24.8 Å². The molecule has 3 heterocycles. The van der Waals surface area contributed by atoms with Crippen LogP contribution in [-0.4, -0.2) is 58.1 Å². The van der Waals surface area contributed by atoms with Crippen LogP contribution in [0.15, 0.2) is 24.8 Å². The number of nitrogens with one attached hydrogen (secondary N) is 1. The summed E-state index contributed by atoms with van der Waals surface area (Å²) < 4.78 is 0. The van der Waals surface area contributed by atoms with Gasteiger partial charge < -0.3 is 10.2 Å². The number of nitrogens with zero attached hydrogens (tertiary/aromatic N) is 6. The molecule has 7 nitrogen and oxygen atoms in total. The van der Waals surface area contributed by atoms with Gasteiger partial charge in [0.15, 0.2) is 0 Å². The number of rotatable bonds is 6. The Morgan fingerprint density at radius 2 is 1.78 bits per heavy atom. The standard InChI is InChI=1S/C20H29N7/c1-26(2)19-10-18(23-14-24-19)25-17-6-8-27(9-7-17)13-15-11-21-20(22-12-15)16-4-3-5-16/h10-12,14,16-17H,3-9,13H2,1-2H3,(H,23,24,25). The van der Waals surface area contributed by atoms with Gasteiger partial charge in [-0.2, -0.15) is 0 Å². The molecule has 1 N–H and O–H groups in total. The van der Waals surface area contributed by atoms with Gasteiger partial charge in [-0.1, -0.05) is 6.42 Å². The van der Waals surface area contributed by atoms with Crippen molar-refractivity contribution >= 4 is 11.6 Å². The highest BCUT2D eigenvalue weighted by molar-refractivity contribution is 5.47. The Balaban J connectivity index is 1.25. The van der Waals surface area contributed by atoms with Crippen LogP contribution in [0.1, 0.15) is 49.4 Å². The first-order valence-corrected chi connectivity index (χ1v) is 9.96. The van der Waals surface area contributed by atoms with Crippen molar-refractivity contribution in [2.24, 2.45) is 0 Å². The van der Waals surface area contributed by atoms with Crippen molar-refractivity contribution in [3.63, 3.8) is 0 Å². The molecule has 2 aliphatic rings. The van der Waals surface area contributed by atoms with Crippen molar-refractivity contribution in [1.29, 1.82) is 0 Å². The molecule has 1 saturated carbocycles. The van der Waals surface area contributed by atoms with Crippen molar-refractivity contribution in [2.45, 2.75) is 50.6 Å². The summed E-state index contributed by atoms with van der Waals surface area (Å²) in [6.07, 6.45) is 11.7. The van der Waals surface area contributed by atoms with Gasteiger partial charge in [0, 0.05) is 69.7 Å². The first kappa shape index (κ1) is 18.1. The predicted molar refractivity (Wildman–Crippen MR) is 107 cm³/mol. The van der Waals surface area contributed by atoms with E-state index >= 15 is 0 Å². The second-order valence-electron chi connectivity index (χ2n) is 7.93. The lowest BCUT2D eigenvalue weighted by Gasteiger charge is -2.32. The Hall–Kier alpha value is -2.28. The third-order valence-corrected chi connectivity index (χ3v) is 5.65. The van der Waals surface area contributed by atoms with Crippen LogP contribution in [0.25, 0.3) is 0 Å². The lowest BCUT2D eigenvalue weighted by Crippen LogP contribution is -2.38. The Kier molecular flexibility index (Phi) is 5.48. The maximum atomic E-state index is 4.59. The molecule has 0 unspecified atom stereocenters. The highest BCUT2D eigenvalue weighted by atomic mass is 15.2. The molecule has 144 valence electrons. The Bertz CT molecular complexity index is 734. The fourth-order valence-corrected chi connectivity index (χ4v) is 3.70. The third-order valence-electron chi connectivity index (χ3n) is 5.65. The molecule has 0 radical (unpaired) electrons. The molecular formula is C20H29N7. The SMILES string of the molecule is CN(C)c1cc(NC2CCN(Cc3cnc(C4CCC4)nc3)CC2)ncn1. The van der Waals surface area contributed by atoms with Crippen LogP contribution in [0.5, 0.6) is 0 Å². The molecule has 0 amide bonds. The second-order valence-corrected chi connectivity index (χ2v) is 7.93. The molecule has 2 aromatic rings. The quantitative estimate of drug-likeness (QED) is 0.842. The van der Waals surface area contributed by atoms with E-state index in [1.807, 2.05) is 37.5 Å². The smallest absolute Gasteiger partial charge is 0.133 e. The van der Waals surface area contributed by atoms with Crippen molar-refractivity contribution in [3.8, 4) is 0 Å². The molecule has 1 aliphatic heterocycles. The summed E-state index contributed by atoms with van der Waals surface area (Å²) in [4.78, 5) is 22.3. The fraction of sp³-hybridized carbons (Fsp3) is 0.600. The number of piperidine rings is 1. The summed E-state index contributed by atoms with van der Waals surface area (Å²) in [5.74, 6) is 3.48. The Morgan fingerprint density at radius 1 is 1.04 bits per heavy atom. The van der Waals surface area contributed by atoms with E-state index in [0.29, 0.717) is 12.0 Å². The van der Waals surface area contributed by atoms with Gasteiger partial charge in [0.1, 0.15) is 23.8 Å². The van der Waals surface area contributed by atoms with Crippen LogP contribution in [0.3, 0.4) is 0 Å². The van der Waals surface area contributed by atoms with Crippen molar-refractivity contribution in [2.75, 3.05) is 37.4 Å². The topological polar surface area (TPSA) is 70.1 Å². The fourth-order valence-electron chi connectivity index (χ4n) is 3.70. The van der Waals surface area contributed by atoms with Gasteiger partial charge in [0.25, 0.3) is 0 Å². The minimum absolute atomic E-state index is 0.461. The molecule has 2 aromatic heterocycles. The van der Waals surface area contributed by atoms with Crippen LogP contribution in [0.4, 0.5) is 11.6 Å². The molecular weight excluding hydrogens is 338 g/mol. The average molecular weight is 368 g/mol. The minimum atomic E-state index is 0.461. The number of aromatic nitrogens is 4. The average Bonchev–Trinajstić information content (AvgIpc) is 2.64. The summed E-state index contributed by atoms with van der Waals surface area (Å²) in [5.41, 5.74) is 1.22. The van der Waals surface area contributed by atoms with E-state index in [0.717, 1.165) is 49.9 Å². The summed E-state index contributed by atoms with van der Waals surface area (Å²) in [7, 11) is 3.99. The minimum Gasteiger partial charge on any atom is -0.367 e. The molecule has 1 aliphatic carbocycles. The van der Waals surface area contributed by atoms with Gasteiger partial charge in [-0.25, -0.2) is 19.9 Å². The lowest BCUT2D eigenvalue weighted by molar-refractivity contribution is 0.210. The molecule has 0 atom stereocenters. The third kappa shape index (κ3) is 4.53. The normalized spacial score (nSPS) is 18.9. The number of hydrogen-bond acceptors (Lipinski definition) is 7. The second kappa shape index (κ2) is 8.17. The molecule has 2 fully saturated rings. The van der Waals surface area contributed by atoms with Crippen LogP contribution >= 0.6 is 0 Å². The van der Waals surface area contributed by atoms with Crippen molar-refractivity contribution in [3.05, 3.63) is 36.2 Å². The molecule has 27 heavy (non-hydrogen) atoms. The van der Waals surface area contributed by atoms with Crippen molar-refractivity contribution < 1.29 is 0 Å². The monoisotopic (exact) mass is 367 g/mol. The maximum absolute atomic E-state index is 4.59. The van der Waals surface area contributed by atoms with Crippen LogP contribution in [0.2, 0.25) is 0 Å². The molecule has 0 bridgehead atoms. The Morgan fingerprint density at radius 3 is 2.41 bits per heavy atom. The lowest BCUT2D eigenvalue weighted by atomic mass is 9.85. The number of likely N-dealkylation sites (tertiary alicyclic amines) is 1. The highest BCUT2D eigenvalue weighted by Gasteiger charge is 2.23. The van der Waals surface area contributed by atoms with Gasteiger partial charge in [-0.3, -0.25) is 4.90 Å². The predicted octanol–water partition coefficient (Wildman–Crippen LogP) is 2.68. The maximum Gasteiger partial charge on any atom is 0.133 e. The van der Waals surface area contributed by atoms with E-state index in [2.05, 4.69) is 30.2 Å². The van der Waals surface area contributed by atoms with Crippen LogP contribution in [-0.2, 0) is 6.54 Å². The first-order chi connectivity index (χ1) is 13.2. The largest absolute Gasteiger partial charge is 0.367 e. The van der Waals surface area contributed by atoms with E-state index in [9.17, 15) is 0 Å². The first-order valence-electron chi connectivity index (χ1n) is 9.96. The van der Waals surface area contributed by atoms with E-state index in [1.165, 1.54) is 24.8 Å². The van der Waals surface area contributed by atoms with Gasteiger partial charge in [-0.15, -0.1) is 0 Å². The van der Waals surface area contributed by atoms with Crippen LogP contribution in [0, 0.1) is 0 Å². The molecule has 1 saturated heterocycles. The van der Waals surface area contributed by atoms with Crippen LogP contribution < -0.4 is 10.2 Å². The molecule has 7 heteroatoms. The molecule has 4 rings (SSSR count). The van der Waals surface area contributed by atoms with Gasteiger partial charge in [0.05, 0.1) is 0 Å². The number of hydrogen-bond donors (Lipinski definition) is 1. The zero-order valence-corrected chi connectivity index (χ0v) is 16.3. The zero-order chi connectivity index (χ0) is 18.6. The molecule has 0 spiro atoms. The van der Waals surface area contributed by atoms with Gasteiger partial charge in [0.2, 0.25) is 0 Å².